The van der Waals surface area contributed by atoms with Gasteiger partial charge in [-0.15, -0.1) is 0 Å². The molecule has 0 N–H and O–H groups in total. The Kier molecular flexibility index (Phi) is 6.65. The third kappa shape index (κ3) is 4.87. The summed E-state index contributed by atoms with van der Waals surface area (Å²) in [5, 5.41) is 1.05. The highest BCUT2D eigenvalue weighted by Crippen LogP contribution is 2.31. The Balaban J connectivity index is 1.34. The SMILES string of the molecule is CC(C)c1nsc(N2CCC(N3CC[C@H](Oc4ccc(S(C)(=O)=O)c(Cl)c4)C3=O)CC2)n1. The van der Waals surface area contributed by atoms with Gasteiger partial charge in [0, 0.05) is 61.9 Å². The van der Waals surface area contributed by atoms with Crippen molar-refractivity contribution in [1.82, 2.24) is 14.3 Å². The summed E-state index contributed by atoms with van der Waals surface area (Å²) in [7, 11) is -3.41. The van der Waals surface area contributed by atoms with Crippen LogP contribution < -0.4 is 9.64 Å². The smallest absolute Gasteiger partial charge is 0.263 e. The summed E-state index contributed by atoms with van der Waals surface area (Å²) in [5.74, 6) is 1.57. The lowest BCUT2D eigenvalue weighted by Gasteiger charge is -2.36. The normalized spacial score (nSPS) is 20.4. The van der Waals surface area contributed by atoms with Crippen LogP contribution in [0.15, 0.2) is 23.1 Å². The first-order chi connectivity index (χ1) is 15.1. The second-order valence-corrected chi connectivity index (χ2v) is 11.7. The van der Waals surface area contributed by atoms with Crippen molar-refractivity contribution in [1.29, 1.82) is 0 Å². The van der Waals surface area contributed by atoms with Crippen LogP contribution in [-0.2, 0) is 14.6 Å². The van der Waals surface area contributed by atoms with E-state index in [2.05, 4.69) is 28.1 Å². The molecule has 2 aliphatic rings. The van der Waals surface area contributed by atoms with E-state index >= 15 is 0 Å². The summed E-state index contributed by atoms with van der Waals surface area (Å²) in [6.45, 7) is 6.51. The Morgan fingerprint density at radius 2 is 1.91 bits per heavy atom. The van der Waals surface area contributed by atoms with Gasteiger partial charge in [0.2, 0.25) is 5.13 Å². The number of nitrogens with zero attached hydrogens (tertiary/aromatic N) is 4. The number of amides is 1. The van der Waals surface area contributed by atoms with Crippen molar-refractivity contribution >= 4 is 44.0 Å². The van der Waals surface area contributed by atoms with E-state index in [0.29, 0.717) is 24.6 Å². The Labute approximate surface area is 197 Å². The van der Waals surface area contributed by atoms with Crippen molar-refractivity contribution in [2.24, 2.45) is 0 Å². The molecular formula is C21H27ClN4O4S2. The molecule has 1 aromatic carbocycles. The molecule has 0 unspecified atom stereocenters. The number of benzene rings is 1. The zero-order valence-corrected chi connectivity index (χ0v) is 20.7. The fourth-order valence-corrected chi connectivity index (χ4v) is 6.30. The lowest BCUT2D eigenvalue weighted by molar-refractivity contribution is -0.135. The number of aromatic nitrogens is 2. The van der Waals surface area contributed by atoms with Gasteiger partial charge in [-0.25, -0.2) is 13.4 Å². The van der Waals surface area contributed by atoms with Gasteiger partial charge in [0.1, 0.15) is 11.6 Å². The summed E-state index contributed by atoms with van der Waals surface area (Å²) >= 11 is 7.54. The van der Waals surface area contributed by atoms with Crippen molar-refractivity contribution < 1.29 is 17.9 Å². The van der Waals surface area contributed by atoms with E-state index in [9.17, 15) is 13.2 Å². The van der Waals surface area contributed by atoms with Gasteiger partial charge in [-0.05, 0) is 25.0 Å². The number of anilines is 1. The summed E-state index contributed by atoms with van der Waals surface area (Å²) in [4.78, 5) is 21.9. The molecule has 1 atom stereocenters. The zero-order chi connectivity index (χ0) is 23.0. The molecule has 11 heteroatoms. The molecule has 0 spiro atoms. The molecule has 2 saturated heterocycles. The maximum absolute atomic E-state index is 13.0. The van der Waals surface area contributed by atoms with Gasteiger partial charge in [-0.2, -0.15) is 4.37 Å². The molecule has 0 bridgehead atoms. The minimum absolute atomic E-state index is 0.0234. The fraction of sp³-hybridized carbons (Fsp3) is 0.571. The summed E-state index contributed by atoms with van der Waals surface area (Å²) in [5.41, 5.74) is 0. The number of carbonyl (C=O) groups is 1. The molecule has 0 aliphatic carbocycles. The first-order valence-corrected chi connectivity index (χ1v) is 13.7. The average molecular weight is 499 g/mol. The van der Waals surface area contributed by atoms with Gasteiger partial charge in [-0.3, -0.25) is 4.79 Å². The van der Waals surface area contributed by atoms with E-state index in [1.54, 1.807) is 6.07 Å². The molecule has 2 fully saturated rings. The molecule has 8 nitrogen and oxygen atoms in total. The van der Waals surface area contributed by atoms with Crippen LogP contribution >= 0.6 is 23.1 Å². The van der Waals surface area contributed by atoms with Crippen LogP contribution in [0.5, 0.6) is 5.75 Å². The predicted octanol–water partition coefficient (Wildman–Crippen LogP) is 3.37. The summed E-state index contributed by atoms with van der Waals surface area (Å²) < 4.78 is 33.8. The van der Waals surface area contributed by atoms with Gasteiger partial charge in [0.15, 0.2) is 15.9 Å². The monoisotopic (exact) mass is 498 g/mol. The van der Waals surface area contributed by atoms with Crippen molar-refractivity contribution in [3.63, 3.8) is 0 Å². The van der Waals surface area contributed by atoms with Gasteiger partial charge in [0.25, 0.3) is 5.91 Å². The van der Waals surface area contributed by atoms with Crippen LogP contribution in [0, 0.1) is 0 Å². The maximum atomic E-state index is 13.0. The quantitative estimate of drug-likeness (QED) is 0.602. The molecule has 1 aromatic heterocycles. The number of rotatable bonds is 6. The largest absolute Gasteiger partial charge is 0.480 e. The van der Waals surface area contributed by atoms with Gasteiger partial charge < -0.3 is 14.5 Å². The molecule has 1 amide bonds. The number of hydrogen-bond donors (Lipinski definition) is 0. The van der Waals surface area contributed by atoms with E-state index in [-0.39, 0.29) is 21.9 Å². The Morgan fingerprint density at radius 3 is 2.50 bits per heavy atom. The van der Waals surface area contributed by atoms with E-state index in [4.69, 9.17) is 16.3 Å². The van der Waals surface area contributed by atoms with E-state index in [0.717, 1.165) is 43.1 Å². The molecular weight excluding hydrogens is 472 g/mol. The van der Waals surface area contributed by atoms with Gasteiger partial charge in [-0.1, -0.05) is 25.4 Å². The summed E-state index contributed by atoms with van der Waals surface area (Å²) in [6.07, 6.45) is 2.88. The molecule has 0 radical (unpaired) electrons. The molecule has 3 heterocycles. The number of piperidine rings is 1. The number of ether oxygens (including phenoxy) is 1. The molecule has 32 heavy (non-hydrogen) atoms. The Hall–Kier alpha value is -1.91. The number of carbonyl (C=O) groups excluding carboxylic acids is 1. The third-order valence-electron chi connectivity index (χ3n) is 5.90. The molecule has 174 valence electrons. The number of sulfone groups is 1. The van der Waals surface area contributed by atoms with Crippen LogP contribution in [0.2, 0.25) is 5.02 Å². The second kappa shape index (κ2) is 9.15. The molecule has 0 saturated carbocycles. The standard InChI is InChI=1S/C21H27ClN4O4S2/c1-13(2)19-23-21(31-24-19)25-9-6-14(7-10-25)26-11-8-17(20(26)27)30-15-4-5-18(16(22)12-15)32(3,28)29/h4-5,12-14,17H,6-11H2,1-3H3/t17-/m0/s1. The van der Waals surface area contributed by atoms with Crippen LogP contribution in [0.4, 0.5) is 5.13 Å². The van der Waals surface area contributed by atoms with Crippen LogP contribution in [-0.4, -0.2) is 66.6 Å². The first-order valence-electron chi connectivity index (χ1n) is 10.7. The van der Waals surface area contributed by atoms with Crippen molar-refractivity contribution in [3.8, 4) is 5.75 Å². The van der Waals surface area contributed by atoms with E-state index in [1.807, 2.05) is 4.90 Å². The second-order valence-electron chi connectivity index (χ2n) is 8.60. The minimum Gasteiger partial charge on any atom is -0.480 e. The molecule has 2 aromatic rings. The highest BCUT2D eigenvalue weighted by molar-refractivity contribution is 7.90. The predicted molar refractivity (Wildman–Crippen MR) is 125 cm³/mol. The molecule has 4 rings (SSSR count). The average Bonchev–Trinajstić information content (AvgIpc) is 3.35. The minimum atomic E-state index is -3.41. The van der Waals surface area contributed by atoms with Crippen LogP contribution in [0.25, 0.3) is 0 Å². The number of likely N-dealkylation sites (tertiary alicyclic amines) is 1. The highest BCUT2D eigenvalue weighted by atomic mass is 35.5. The lowest BCUT2D eigenvalue weighted by atomic mass is 10.0. The van der Waals surface area contributed by atoms with E-state index in [1.165, 1.54) is 23.7 Å². The topological polar surface area (TPSA) is 92.7 Å². The van der Waals surface area contributed by atoms with Crippen molar-refractivity contribution in [3.05, 3.63) is 29.0 Å². The molecule has 2 aliphatic heterocycles. The van der Waals surface area contributed by atoms with Crippen LogP contribution in [0.3, 0.4) is 0 Å². The van der Waals surface area contributed by atoms with Crippen molar-refractivity contribution in [2.45, 2.75) is 56.1 Å². The number of halogens is 1. The fourth-order valence-electron chi connectivity index (χ4n) is 4.12. The van der Waals surface area contributed by atoms with Gasteiger partial charge in [0.05, 0.1) is 9.92 Å². The van der Waals surface area contributed by atoms with Crippen LogP contribution in [0.1, 0.15) is 44.9 Å². The Morgan fingerprint density at radius 1 is 1.19 bits per heavy atom. The number of hydrogen-bond acceptors (Lipinski definition) is 8. The third-order valence-corrected chi connectivity index (χ3v) is 8.27. The first kappa shape index (κ1) is 23.3. The maximum Gasteiger partial charge on any atom is 0.263 e. The van der Waals surface area contributed by atoms with Crippen molar-refractivity contribution in [2.75, 3.05) is 30.8 Å². The Bertz CT molecular complexity index is 1100. The zero-order valence-electron chi connectivity index (χ0n) is 18.3. The lowest BCUT2D eigenvalue weighted by Crippen LogP contribution is -2.47. The highest BCUT2D eigenvalue weighted by Gasteiger charge is 2.39. The van der Waals surface area contributed by atoms with Gasteiger partial charge >= 0.3 is 0 Å². The summed E-state index contributed by atoms with van der Waals surface area (Å²) in [6, 6.07) is 4.60. The van der Waals surface area contributed by atoms with E-state index < -0.39 is 15.9 Å².